The van der Waals surface area contributed by atoms with E-state index in [1.54, 1.807) is 0 Å². The molecule has 5 heteroatoms. The predicted octanol–water partition coefficient (Wildman–Crippen LogP) is 7.05. The third kappa shape index (κ3) is 4.74. The average Bonchev–Trinajstić information content (AvgIpc) is 3.47. The summed E-state index contributed by atoms with van der Waals surface area (Å²) in [5.41, 5.74) is 2.10. The van der Waals surface area contributed by atoms with E-state index in [-0.39, 0.29) is 12.5 Å². The Kier molecular flexibility index (Phi) is 7.39. The number of aromatic nitrogens is 1. The van der Waals surface area contributed by atoms with E-state index in [1.165, 1.54) is 61.1 Å². The average molecular weight is 537 g/mol. The van der Waals surface area contributed by atoms with Crippen molar-refractivity contribution in [3.63, 3.8) is 0 Å². The van der Waals surface area contributed by atoms with Gasteiger partial charge in [0.05, 0.1) is 27.9 Å². The van der Waals surface area contributed by atoms with Gasteiger partial charge in [0.1, 0.15) is 0 Å². The van der Waals surface area contributed by atoms with Crippen LogP contribution in [0.4, 0.5) is 0 Å². The van der Waals surface area contributed by atoms with Crippen LogP contribution in [-0.2, 0) is 16.0 Å². The number of carbonyl (C=O) groups is 1. The first-order valence-electron chi connectivity index (χ1n) is 15.4. The molecule has 4 aliphatic rings. The summed E-state index contributed by atoms with van der Waals surface area (Å²) in [6.07, 6.45) is 14.5. The first-order chi connectivity index (χ1) is 18.3. The molecule has 0 unspecified atom stereocenters. The van der Waals surface area contributed by atoms with Crippen LogP contribution in [0.25, 0.3) is 10.2 Å². The van der Waals surface area contributed by atoms with Crippen LogP contribution < -0.4 is 5.11 Å². The molecule has 6 rings (SSSR count). The second kappa shape index (κ2) is 10.5. The number of carboxylic acid groups (broad SMARTS) is 1. The van der Waals surface area contributed by atoms with Gasteiger partial charge in [-0.25, -0.2) is 4.98 Å². The zero-order chi connectivity index (χ0) is 26.5. The largest absolute Gasteiger partial charge is 0.550 e. The normalized spacial score (nSPS) is 39.3. The zero-order valence-electron chi connectivity index (χ0n) is 23.6. The van der Waals surface area contributed by atoms with Crippen molar-refractivity contribution in [1.82, 2.24) is 4.98 Å². The lowest BCUT2D eigenvalue weighted by Crippen LogP contribution is -2.54. The quantitative estimate of drug-likeness (QED) is 0.363. The fourth-order valence-corrected chi connectivity index (χ4v) is 11.2. The maximum absolute atomic E-state index is 10.8. The van der Waals surface area contributed by atoms with E-state index in [0.29, 0.717) is 17.4 Å². The van der Waals surface area contributed by atoms with E-state index in [9.17, 15) is 9.90 Å². The molecule has 4 aliphatic carbocycles. The van der Waals surface area contributed by atoms with Crippen LogP contribution in [0.2, 0.25) is 0 Å². The van der Waals surface area contributed by atoms with Crippen LogP contribution >= 0.6 is 11.3 Å². The van der Waals surface area contributed by atoms with Crippen molar-refractivity contribution in [2.75, 3.05) is 6.61 Å². The minimum Gasteiger partial charge on any atom is -0.550 e. The van der Waals surface area contributed by atoms with E-state index < -0.39 is 5.97 Å². The van der Waals surface area contributed by atoms with Gasteiger partial charge in [0.15, 0.2) is 0 Å². The van der Waals surface area contributed by atoms with Gasteiger partial charge in [-0.1, -0.05) is 32.9 Å². The minimum absolute atomic E-state index is 0.0174. The zero-order valence-corrected chi connectivity index (χ0v) is 24.4. The van der Waals surface area contributed by atoms with Crippen LogP contribution in [0.15, 0.2) is 24.3 Å². The Morgan fingerprint density at radius 3 is 2.68 bits per heavy atom. The highest BCUT2D eigenvalue weighted by Gasteiger charge is 2.60. The molecular formula is C33H46NO3S-. The third-order valence-electron chi connectivity index (χ3n) is 12.2. The second-order valence-corrected chi connectivity index (χ2v) is 15.0. The summed E-state index contributed by atoms with van der Waals surface area (Å²) in [5.74, 6) is 3.99. The number of rotatable bonds is 8. The standard InChI is InChI=1S/C33H47NO3S/c1-21(8-13-30-34-28-6-4-5-7-29(28)38-30)25-11-12-26-24-10-9-22-20-23(37-19-16-31(35)36)14-17-32(22,2)27(24)15-18-33(25,26)3/h4-7,21-27H,8-20H2,1-3H3,(H,35,36)/p-1/t21-,22-,23+,24-,25+,26+,27-,32+,33-/m1/s1. The number of aryl methyl sites for hydroxylation is 1. The smallest absolute Gasteiger partial charge is 0.0938 e. The number of benzene rings is 1. The highest BCUT2D eigenvalue weighted by molar-refractivity contribution is 7.18. The molecule has 4 fully saturated rings. The van der Waals surface area contributed by atoms with Gasteiger partial charge in [-0.3, -0.25) is 0 Å². The summed E-state index contributed by atoms with van der Waals surface area (Å²) < 4.78 is 7.32. The van der Waals surface area contributed by atoms with Crippen LogP contribution in [0, 0.1) is 46.3 Å². The molecule has 0 radical (unpaired) electrons. The lowest BCUT2D eigenvalue weighted by Gasteiger charge is -2.61. The van der Waals surface area contributed by atoms with Crippen molar-refractivity contribution in [1.29, 1.82) is 0 Å². The van der Waals surface area contributed by atoms with Gasteiger partial charge in [0, 0.05) is 12.4 Å². The van der Waals surface area contributed by atoms with E-state index in [2.05, 4.69) is 45.0 Å². The molecule has 9 atom stereocenters. The van der Waals surface area contributed by atoms with Gasteiger partial charge in [-0.05, 0) is 129 Å². The fourth-order valence-electron chi connectivity index (χ4n) is 10.2. The summed E-state index contributed by atoms with van der Waals surface area (Å²) >= 11 is 1.89. The maximum Gasteiger partial charge on any atom is 0.0938 e. The van der Waals surface area contributed by atoms with Crippen molar-refractivity contribution in [3.8, 4) is 0 Å². The Bertz CT molecular complexity index is 1110. The number of ether oxygens (including phenoxy) is 1. The second-order valence-electron chi connectivity index (χ2n) is 13.9. The van der Waals surface area contributed by atoms with Crippen LogP contribution in [0.1, 0.15) is 96.4 Å². The Morgan fingerprint density at radius 2 is 1.87 bits per heavy atom. The number of para-hydroxylation sites is 1. The van der Waals surface area contributed by atoms with Crippen LogP contribution in [0.3, 0.4) is 0 Å². The molecule has 1 heterocycles. The first kappa shape index (κ1) is 26.7. The van der Waals surface area contributed by atoms with Crippen molar-refractivity contribution in [2.24, 2.45) is 46.3 Å². The molecule has 0 bridgehead atoms. The molecule has 0 N–H and O–H groups in total. The van der Waals surface area contributed by atoms with Gasteiger partial charge in [-0.2, -0.15) is 0 Å². The van der Waals surface area contributed by atoms with Gasteiger partial charge in [-0.15, -0.1) is 11.3 Å². The number of thiazole rings is 1. The molecular weight excluding hydrogens is 490 g/mol. The van der Waals surface area contributed by atoms with E-state index >= 15 is 0 Å². The monoisotopic (exact) mass is 536 g/mol. The molecule has 1 aromatic carbocycles. The lowest BCUT2D eigenvalue weighted by atomic mass is 9.44. The van der Waals surface area contributed by atoms with E-state index in [0.717, 1.165) is 60.3 Å². The summed E-state index contributed by atoms with van der Waals surface area (Å²) in [7, 11) is 0. The highest BCUT2D eigenvalue weighted by atomic mass is 32.1. The molecule has 0 aliphatic heterocycles. The Hall–Kier alpha value is -1.46. The number of carbonyl (C=O) groups excluding carboxylic acids is 1. The Morgan fingerprint density at radius 1 is 1.08 bits per heavy atom. The fraction of sp³-hybridized carbons (Fsp3) is 0.758. The van der Waals surface area contributed by atoms with Crippen molar-refractivity contribution >= 4 is 27.5 Å². The Labute approximate surface area is 233 Å². The molecule has 208 valence electrons. The number of nitrogens with zero attached hydrogens (tertiary/aromatic N) is 1. The van der Waals surface area contributed by atoms with Crippen molar-refractivity contribution < 1.29 is 14.6 Å². The summed E-state index contributed by atoms with van der Waals surface area (Å²) in [6.45, 7) is 8.14. The first-order valence-corrected chi connectivity index (χ1v) is 16.3. The highest BCUT2D eigenvalue weighted by Crippen LogP contribution is 2.68. The van der Waals surface area contributed by atoms with Gasteiger partial charge in [0.25, 0.3) is 0 Å². The molecule has 2 aromatic rings. The molecule has 1 aromatic heterocycles. The molecule has 0 amide bonds. The van der Waals surface area contributed by atoms with Gasteiger partial charge in [0.2, 0.25) is 0 Å². The summed E-state index contributed by atoms with van der Waals surface area (Å²) in [5, 5.41) is 12.1. The van der Waals surface area contributed by atoms with Crippen molar-refractivity contribution in [3.05, 3.63) is 29.3 Å². The van der Waals surface area contributed by atoms with E-state index in [1.807, 2.05) is 11.3 Å². The molecule has 38 heavy (non-hydrogen) atoms. The third-order valence-corrected chi connectivity index (χ3v) is 13.3. The SMILES string of the molecule is C[C@H](CCc1nc2ccccc2s1)[C@@H]1CC[C@H]2[C@H]3CC[C@@H]4C[C@@H](OCCC(=O)[O-])CC[C@]4(C)[C@@H]3CC[C@@]21C. The number of hydrogen-bond donors (Lipinski definition) is 0. The molecule has 0 saturated heterocycles. The summed E-state index contributed by atoms with van der Waals surface area (Å²) in [4.78, 5) is 15.7. The minimum atomic E-state index is -1.00. The summed E-state index contributed by atoms with van der Waals surface area (Å²) in [6, 6.07) is 8.56. The van der Waals surface area contributed by atoms with E-state index in [4.69, 9.17) is 9.72 Å². The number of fused-ring (bicyclic) bond motifs is 6. The number of carboxylic acids is 1. The van der Waals surface area contributed by atoms with Gasteiger partial charge < -0.3 is 14.6 Å². The molecule has 4 saturated carbocycles. The van der Waals surface area contributed by atoms with Crippen LogP contribution in [0.5, 0.6) is 0 Å². The molecule has 0 spiro atoms. The van der Waals surface area contributed by atoms with Gasteiger partial charge >= 0.3 is 0 Å². The maximum atomic E-state index is 10.8. The predicted molar refractivity (Wildman–Crippen MR) is 152 cm³/mol. The topological polar surface area (TPSA) is 62.2 Å². The molecule has 4 nitrogen and oxygen atoms in total. The van der Waals surface area contributed by atoms with Crippen LogP contribution in [-0.4, -0.2) is 23.7 Å². The van der Waals surface area contributed by atoms with Crippen molar-refractivity contribution in [2.45, 2.75) is 104 Å². The number of hydrogen-bond acceptors (Lipinski definition) is 5. The Balaban J connectivity index is 1.09. The number of aliphatic carboxylic acids is 1. The lowest BCUT2D eigenvalue weighted by molar-refractivity contribution is -0.306.